The van der Waals surface area contributed by atoms with Crippen LogP contribution in [-0.4, -0.2) is 18.8 Å². The molecular weight excluding hydrogens is 258 g/mol. The Morgan fingerprint density at radius 2 is 2.00 bits per heavy atom. The van der Waals surface area contributed by atoms with Gasteiger partial charge in [0.05, 0.1) is 0 Å². The smallest absolute Gasteiger partial charge is 0.0106 e. The Balaban J connectivity index is 1.58. The van der Waals surface area contributed by atoms with Gasteiger partial charge in [0.25, 0.3) is 0 Å². The van der Waals surface area contributed by atoms with Crippen molar-refractivity contribution in [2.24, 2.45) is 0 Å². The lowest BCUT2D eigenvalue weighted by Gasteiger charge is -2.06. The van der Waals surface area contributed by atoms with Crippen molar-refractivity contribution in [2.45, 2.75) is 18.2 Å². The molecule has 0 unspecified atom stereocenters. The first-order chi connectivity index (χ1) is 8.86. The predicted molar refractivity (Wildman–Crippen MR) is 82.8 cm³/mol. The van der Waals surface area contributed by atoms with Gasteiger partial charge in [0, 0.05) is 22.1 Å². The summed E-state index contributed by atoms with van der Waals surface area (Å²) >= 11 is 3.78. The Morgan fingerprint density at radius 3 is 2.78 bits per heavy atom. The molecule has 0 atom stereocenters. The van der Waals surface area contributed by atoms with Crippen LogP contribution in [0.4, 0.5) is 0 Å². The van der Waals surface area contributed by atoms with Crippen LogP contribution in [0.3, 0.4) is 0 Å². The average Bonchev–Trinajstić information content (AvgIpc) is 2.89. The number of aryl methyl sites for hydroxylation is 1. The molecule has 1 heterocycles. The highest BCUT2D eigenvalue weighted by Crippen LogP contribution is 2.20. The van der Waals surface area contributed by atoms with E-state index in [1.807, 2.05) is 23.1 Å². The van der Waals surface area contributed by atoms with E-state index in [1.54, 1.807) is 0 Å². The van der Waals surface area contributed by atoms with Crippen LogP contribution in [0.25, 0.3) is 0 Å². The highest BCUT2D eigenvalue weighted by molar-refractivity contribution is 7.99. The molecule has 18 heavy (non-hydrogen) atoms. The molecule has 0 bridgehead atoms. The molecule has 3 heteroatoms. The molecular formula is C15H19NS2. The second-order valence-corrected chi connectivity index (χ2v) is 6.36. The van der Waals surface area contributed by atoms with Gasteiger partial charge < -0.3 is 5.32 Å². The predicted octanol–water partition coefficient (Wildman–Crippen LogP) is 3.98. The highest BCUT2D eigenvalue weighted by atomic mass is 32.2. The van der Waals surface area contributed by atoms with Crippen LogP contribution in [0.2, 0.25) is 0 Å². The van der Waals surface area contributed by atoms with Gasteiger partial charge >= 0.3 is 0 Å². The molecule has 0 radical (unpaired) electrons. The monoisotopic (exact) mass is 277 g/mol. The molecule has 2 aromatic rings. The maximum absolute atomic E-state index is 3.50. The normalized spacial score (nSPS) is 10.7. The molecule has 0 fully saturated rings. The summed E-state index contributed by atoms with van der Waals surface area (Å²) in [5.41, 5.74) is 1.38. The van der Waals surface area contributed by atoms with Crippen molar-refractivity contribution in [3.63, 3.8) is 0 Å². The fraction of sp³-hybridized carbons (Fsp3) is 0.333. The fourth-order valence-corrected chi connectivity index (χ4v) is 3.39. The van der Waals surface area contributed by atoms with E-state index in [1.165, 1.54) is 15.3 Å². The van der Waals surface area contributed by atoms with Gasteiger partial charge in [-0.2, -0.15) is 0 Å². The molecule has 2 rings (SSSR count). The molecule has 0 aliphatic heterocycles. The lowest BCUT2D eigenvalue weighted by Crippen LogP contribution is -2.19. The van der Waals surface area contributed by atoms with Crippen LogP contribution in [0.5, 0.6) is 0 Å². The minimum atomic E-state index is 1.07. The first kappa shape index (κ1) is 13.7. The third-order valence-corrected chi connectivity index (χ3v) is 4.87. The number of hydrogen-bond acceptors (Lipinski definition) is 3. The number of rotatable bonds is 7. The molecule has 0 spiro atoms. The van der Waals surface area contributed by atoms with Gasteiger partial charge in [-0.25, -0.2) is 0 Å². The van der Waals surface area contributed by atoms with E-state index in [4.69, 9.17) is 0 Å². The second-order valence-electron chi connectivity index (χ2n) is 4.19. The zero-order valence-electron chi connectivity index (χ0n) is 10.7. The Bertz CT molecular complexity index is 451. The van der Waals surface area contributed by atoms with E-state index >= 15 is 0 Å². The molecule has 1 aromatic carbocycles. The van der Waals surface area contributed by atoms with Crippen LogP contribution < -0.4 is 5.32 Å². The van der Waals surface area contributed by atoms with Crippen LogP contribution in [0.1, 0.15) is 10.4 Å². The number of thiophene rings is 1. The van der Waals surface area contributed by atoms with E-state index in [9.17, 15) is 0 Å². The van der Waals surface area contributed by atoms with Crippen LogP contribution >= 0.6 is 23.1 Å². The molecule has 1 N–H and O–H groups in total. The minimum absolute atomic E-state index is 1.07. The van der Waals surface area contributed by atoms with Crippen molar-refractivity contribution in [3.05, 3.63) is 52.2 Å². The maximum atomic E-state index is 3.50. The Labute approximate surface area is 118 Å². The first-order valence-corrected chi connectivity index (χ1v) is 8.14. The average molecular weight is 277 g/mol. The van der Waals surface area contributed by atoms with Crippen LogP contribution in [0, 0.1) is 6.92 Å². The van der Waals surface area contributed by atoms with E-state index in [0.29, 0.717) is 0 Å². The summed E-state index contributed by atoms with van der Waals surface area (Å²) in [4.78, 5) is 2.87. The minimum Gasteiger partial charge on any atom is -0.316 e. The number of hydrogen-bond donors (Lipinski definition) is 1. The SMILES string of the molecule is Cc1ccccc1SCCNCCc1cccs1. The van der Waals surface area contributed by atoms with Crippen LogP contribution in [0.15, 0.2) is 46.7 Å². The molecule has 0 amide bonds. The summed E-state index contributed by atoms with van der Waals surface area (Å²) in [6, 6.07) is 12.9. The molecule has 96 valence electrons. The van der Waals surface area contributed by atoms with Gasteiger partial charge in [0.1, 0.15) is 0 Å². The summed E-state index contributed by atoms with van der Waals surface area (Å²) in [6.07, 6.45) is 1.15. The Kier molecular flexibility index (Phi) is 5.78. The van der Waals surface area contributed by atoms with E-state index < -0.39 is 0 Å². The quantitative estimate of drug-likeness (QED) is 0.607. The first-order valence-electron chi connectivity index (χ1n) is 6.28. The van der Waals surface area contributed by atoms with Gasteiger partial charge in [0.15, 0.2) is 0 Å². The summed E-state index contributed by atoms with van der Waals surface area (Å²) < 4.78 is 0. The number of thioether (sulfide) groups is 1. The maximum Gasteiger partial charge on any atom is 0.0106 e. The fourth-order valence-electron chi connectivity index (χ4n) is 1.74. The van der Waals surface area contributed by atoms with E-state index in [2.05, 4.69) is 54.0 Å². The lowest BCUT2D eigenvalue weighted by atomic mass is 10.2. The summed E-state index contributed by atoms with van der Waals surface area (Å²) in [5.74, 6) is 1.13. The van der Waals surface area contributed by atoms with Crippen LogP contribution in [-0.2, 0) is 6.42 Å². The van der Waals surface area contributed by atoms with E-state index in [0.717, 1.165) is 25.3 Å². The zero-order chi connectivity index (χ0) is 12.6. The van der Waals surface area contributed by atoms with Crippen molar-refractivity contribution < 1.29 is 0 Å². The summed E-state index contributed by atoms with van der Waals surface area (Å²) in [6.45, 7) is 4.33. The van der Waals surface area contributed by atoms with Crippen molar-refractivity contribution in [3.8, 4) is 0 Å². The highest BCUT2D eigenvalue weighted by Gasteiger charge is 1.97. The third-order valence-electron chi connectivity index (χ3n) is 2.76. The number of benzene rings is 1. The van der Waals surface area contributed by atoms with Gasteiger partial charge in [-0.05, 0) is 43.0 Å². The molecule has 0 saturated carbocycles. The molecule has 0 saturated heterocycles. The zero-order valence-corrected chi connectivity index (χ0v) is 12.3. The largest absolute Gasteiger partial charge is 0.316 e. The van der Waals surface area contributed by atoms with Gasteiger partial charge in [-0.1, -0.05) is 24.3 Å². The summed E-state index contributed by atoms with van der Waals surface area (Å²) in [7, 11) is 0. The summed E-state index contributed by atoms with van der Waals surface area (Å²) in [5, 5.41) is 5.64. The van der Waals surface area contributed by atoms with E-state index in [-0.39, 0.29) is 0 Å². The number of nitrogens with one attached hydrogen (secondary N) is 1. The standard InChI is InChI=1S/C15H19NS2/c1-13-5-2-3-7-15(13)18-12-10-16-9-8-14-6-4-11-17-14/h2-7,11,16H,8-10,12H2,1H3. The van der Waals surface area contributed by atoms with Crippen molar-refractivity contribution in [1.29, 1.82) is 0 Å². The molecule has 0 aliphatic carbocycles. The Hall–Kier alpha value is -0.770. The van der Waals surface area contributed by atoms with Gasteiger partial charge in [-0.3, -0.25) is 0 Å². The molecule has 1 nitrogen and oxygen atoms in total. The Morgan fingerprint density at radius 1 is 1.11 bits per heavy atom. The second kappa shape index (κ2) is 7.62. The lowest BCUT2D eigenvalue weighted by molar-refractivity contribution is 0.725. The topological polar surface area (TPSA) is 12.0 Å². The van der Waals surface area contributed by atoms with Crippen molar-refractivity contribution >= 4 is 23.1 Å². The van der Waals surface area contributed by atoms with Crippen molar-refractivity contribution in [1.82, 2.24) is 5.32 Å². The van der Waals surface area contributed by atoms with Gasteiger partial charge in [-0.15, -0.1) is 23.1 Å². The van der Waals surface area contributed by atoms with Crippen molar-refractivity contribution in [2.75, 3.05) is 18.8 Å². The molecule has 0 aliphatic rings. The molecule has 1 aromatic heterocycles. The van der Waals surface area contributed by atoms with Gasteiger partial charge in [0.2, 0.25) is 0 Å². The third kappa shape index (κ3) is 4.48.